The topological polar surface area (TPSA) is 81.8 Å². The van der Waals surface area contributed by atoms with Gasteiger partial charge in [-0.05, 0) is 35.4 Å². The standard InChI is InChI=1S/C19H19BrN4O3/c1-23(22-18(26)21-16-8-6-15(20)7-9-16)19(27)24-11-14-5-3-2-4-13(14)10-17(24)12-25/h2-9,12,17H,10-11H2,1H3,(H2,21,22,26)/t17-/m0/s1. The molecule has 4 amide bonds. The Hall–Kier alpha value is -2.87. The number of hydrazine groups is 1. The van der Waals surface area contributed by atoms with Gasteiger partial charge in [0.2, 0.25) is 0 Å². The normalized spacial score (nSPS) is 15.5. The van der Waals surface area contributed by atoms with Crippen LogP contribution >= 0.6 is 15.9 Å². The van der Waals surface area contributed by atoms with Crippen molar-refractivity contribution in [1.82, 2.24) is 15.3 Å². The number of nitrogens with zero attached hydrogens (tertiary/aromatic N) is 2. The molecular weight excluding hydrogens is 412 g/mol. The molecule has 1 aliphatic rings. The number of hydrogen-bond acceptors (Lipinski definition) is 3. The molecule has 1 heterocycles. The Balaban J connectivity index is 1.64. The molecule has 1 atom stereocenters. The first-order chi connectivity index (χ1) is 13.0. The van der Waals surface area contributed by atoms with Crippen LogP contribution in [0.4, 0.5) is 15.3 Å². The van der Waals surface area contributed by atoms with Crippen molar-refractivity contribution in [3.05, 3.63) is 64.1 Å². The van der Waals surface area contributed by atoms with Crippen LogP contribution in [0.15, 0.2) is 53.0 Å². The molecule has 7 nitrogen and oxygen atoms in total. The molecule has 0 saturated heterocycles. The first kappa shape index (κ1) is 18.9. The lowest BCUT2D eigenvalue weighted by Crippen LogP contribution is -2.55. The number of fused-ring (bicyclic) bond motifs is 1. The van der Waals surface area contributed by atoms with Gasteiger partial charge in [0.25, 0.3) is 0 Å². The molecule has 0 fully saturated rings. The third kappa shape index (κ3) is 4.46. The van der Waals surface area contributed by atoms with Crippen LogP contribution in [0.2, 0.25) is 0 Å². The lowest BCUT2D eigenvalue weighted by molar-refractivity contribution is -0.112. The molecule has 0 aliphatic carbocycles. The number of rotatable bonds is 2. The van der Waals surface area contributed by atoms with Gasteiger partial charge in [-0.25, -0.2) is 20.0 Å². The second kappa shape index (κ2) is 8.22. The summed E-state index contributed by atoms with van der Waals surface area (Å²) in [6.07, 6.45) is 1.23. The lowest BCUT2D eigenvalue weighted by atomic mass is 9.95. The number of urea groups is 2. The molecule has 8 heteroatoms. The summed E-state index contributed by atoms with van der Waals surface area (Å²) in [6.45, 7) is 0.318. The second-order valence-corrected chi connectivity index (χ2v) is 7.13. The van der Waals surface area contributed by atoms with Crippen LogP contribution in [0.25, 0.3) is 0 Å². The van der Waals surface area contributed by atoms with Crippen LogP contribution in [0.1, 0.15) is 11.1 Å². The Bertz CT molecular complexity index is 856. The molecule has 140 valence electrons. The number of amides is 4. The summed E-state index contributed by atoms with van der Waals surface area (Å²) in [6, 6.07) is 13.2. The van der Waals surface area contributed by atoms with E-state index in [2.05, 4.69) is 26.7 Å². The average Bonchev–Trinajstić information content (AvgIpc) is 2.68. The summed E-state index contributed by atoms with van der Waals surface area (Å²) in [5, 5.41) is 3.73. The Morgan fingerprint density at radius 1 is 1.15 bits per heavy atom. The van der Waals surface area contributed by atoms with E-state index >= 15 is 0 Å². The summed E-state index contributed by atoms with van der Waals surface area (Å²) >= 11 is 3.32. The molecule has 27 heavy (non-hydrogen) atoms. The summed E-state index contributed by atoms with van der Waals surface area (Å²) < 4.78 is 0.894. The van der Waals surface area contributed by atoms with Crippen LogP contribution in [-0.4, -0.2) is 41.3 Å². The Labute approximate surface area is 165 Å². The van der Waals surface area contributed by atoms with Crippen LogP contribution < -0.4 is 10.7 Å². The molecule has 0 aromatic heterocycles. The monoisotopic (exact) mass is 430 g/mol. The zero-order valence-electron chi connectivity index (χ0n) is 14.7. The maximum atomic E-state index is 12.8. The maximum Gasteiger partial charge on any atom is 0.339 e. The third-order valence-electron chi connectivity index (χ3n) is 4.35. The minimum absolute atomic E-state index is 0.318. The number of anilines is 1. The number of carbonyl (C=O) groups excluding carboxylic acids is 3. The van der Waals surface area contributed by atoms with Gasteiger partial charge in [-0.15, -0.1) is 0 Å². The Kier molecular flexibility index (Phi) is 5.75. The van der Waals surface area contributed by atoms with Crippen molar-refractivity contribution in [1.29, 1.82) is 0 Å². The first-order valence-electron chi connectivity index (χ1n) is 8.37. The number of halogens is 1. The molecule has 0 unspecified atom stereocenters. The van der Waals surface area contributed by atoms with Crippen molar-refractivity contribution in [3.63, 3.8) is 0 Å². The van der Waals surface area contributed by atoms with Gasteiger partial charge in [-0.1, -0.05) is 40.2 Å². The zero-order chi connectivity index (χ0) is 19.4. The highest BCUT2D eigenvalue weighted by atomic mass is 79.9. The number of nitrogens with one attached hydrogen (secondary N) is 2. The molecule has 3 rings (SSSR count). The third-order valence-corrected chi connectivity index (χ3v) is 4.88. The van der Waals surface area contributed by atoms with Gasteiger partial charge in [-0.3, -0.25) is 0 Å². The van der Waals surface area contributed by atoms with E-state index in [1.165, 1.54) is 11.9 Å². The summed E-state index contributed by atoms with van der Waals surface area (Å²) in [4.78, 5) is 37.8. The number of carbonyl (C=O) groups is 3. The average molecular weight is 431 g/mol. The van der Waals surface area contributed by atoms with E-state index in [9.17, 15) is 14.4 Å². The van der Waals surface area contributed by atoms with Crippen molar-refractivity contribution < 1.29 is 14.4 Å². The molecule has 0 bridgehead atoms. The molecule has 2 N–H and O–H groups in total. The Morgan fingerprint density at radius 2 is 1.81 bits per heavy atom. The molecule has 0 radical (unpaired) electrons. The highest BCUT2D eigenvalue weighted by Crippen LogP contribution is 2.23. The van der Waals surface area contributed by atoms with Crippen molar-refractivity contribution in [2.75, 3.05) is 12.4 Å². The van der Waals surface area contributed by atoms with E-state index < -0.39 is 18.1 Å². The summed E-state index contributed by atoms with van der Waals surface area (Å²) in [5.41, 5.74) is 5.12. The van der Waals surface area contributed by atoms with E-state index in [4.69, 9.17) is 0 Å². The highest BCUT2D eigenvalue weighted by Gasteiger charge is 2.31. The predicted octanol–water partition coefficient (Wildman–Crippen LogP) is 3.16. The van der Waals surface area contributed by atoms with Crippen molar-refractivity contribution in [2.24, 2.45) is 0 Å². The van der Waals surface area contributed by atoms with E-state index in [-0.39, 0.29) is 0 Å². The van der Waals surface area contributed by atoms with Gasteiger partial charge in [-0.2, -0.15) is 0 Å². The van der Waals surface area contributed by atoms with Crippen LogP contribution in [0, 0.1) is 0 Å². The van der Waals surface area contributed by atoms with E-state index in [0.717, 1.165) is 26.9 Å². The molecule has 0 saturated carbocycles. The van der Waals surface area contributed by atoms with Crippen LogP contribution in [0.3, 0.4) is 0 Å². The molecule has 2 aromatic carbocycles. The minimum atomic E-state index is -0.564. The van der Waals surface area contributed by atoms with Crippen molar-refractivity contribution in [2.45, 2.75) is 19.0 Å². The summed E-state index contributed by atoms with van der Waals surface area (Å²) in [5.74, 6) is 0. The SMILES string of the molecule is CN(NC(=O)Nc1ccc(Br)cc1)C(=O)N1Cc2ccccc2C[C@H]1C=O. The number of hydrogen-bond donors (Lipinski definition) is 2. The Morgan fingerprint density at radius 3 is 2.48 bits per heavy atom. The maximum absolute atomic E-state index is 12.8. The lowest BCUT2D eigenvalue weighted by Gasteiger charge is -2.36. The van der Waals surface area contributed by atoms with E-state index in [1.807, 2.05) is 24.3 Å². The predicted molar refractivity (Wildman–Crippen MR) is 105 cm³/mol. The zero-order valence-corrected chi connectivity index (χ0v) is 16.3. The number of aldehydes is 1. The fraction of sp³-hybridized carbons (Fsp3) is 0.211. The van der Waals surface area contributed by atoms with Crippen molar-refractivity contribution >= 4 is 40.0 Å². The van der Waals surface area contributed by atoms with E-state index in [1.54, 1.807) is 24.3 Å². The fourth-order valence-corrected chi connectivity index (χ4v) is 3.23. The van der Waals surface area contributed by atoms with Crippen LogP contribution in [-0.2, 0) is 17.8 Å². The quantitative estimate of drug-likeness (QED) is 0.566. The first-order valence-corrected chi connectivity index (χ1v) is 9.17. The van der Waals surface area contributed by atoms with Crippen molar-refractivity contribution in [3.8, 4) is 0 Å². The second-order valence-electron chi connectivity index (χ2n) is 6.22. The van der Waals surface area contributed by atoms with Gasteiger partial charge in [0.05, 0.1) is 6.04 Å². The fourth-order valence-electron chi connectivity index (χ4n) is 2.96. The summed E-state index contributed by atoms with van der Waals surface area (Å²) in [7, 11) is 1.45. The highest BCUT2D eigenvalue weighted by molar-refractivity contribution is 9.10. The number of benzene rings is 2. The molecular formula is C19H19BrN4O3. The molecule has 2 aromatic rings. The smallest absolute Gasteiger partial charge is 0.309 e. The van der Waals surface area contributed by atoms with Gasteiger partial charge in [0.15, 0.2) is 0 Å². The van der Waals surface area contributed by atoms with Gasteiger partial charge < -0.3 is 15.0 Å². The van der Waals surface area contributed by atoms with Gasteiger partial charge in [0, 0.05) is 30.2 Å². The molecule has 1 aliphatic heterocycles. The van der Waals surface area contributed by atoms with Gasteiger partial charge >= 0.3 is 12.1 Å². The molecule has 0 spiro atoms. The van der Waals surface area contributed by atoms with Gasteiger partial charge in [0.1, 0.15) is 6.29 Å². The van der Waals surface area contributed by atoms with E-state index in [0.29, 0.717) is 18.7 Å². The largest absolute Gasteiger partial charge is 0.339 e. The minimum Gasteiger partial charge on any atom is -0.309 e. The van der Waals surface area contributed by atoms with Crippen LogP contribution in [0.5, 0.6) is 0 Å².